The van der Waals surface area contributed by atoms with Crippen LogP contribution in [0.1, 0.15) is 35.9 Å². The molecule has 0 bridgehead atoms. The second-order valence-electron chi connectivity index (χ2n) is 6.21. The molecule has 2 heterocycles. The maximum Gasteiger partial charge on any atom is 0.290 e. The number of amides is 1. The third-order valence-corrected chi connectivity index (χ3v) is 4.60. The molecular formula is C17H21FN2O2. The predicted octanol–water partition coefficient (Wildman–Crippen LogP) is 3.08. The number of benzene rings is 1. The Balaban J connectivity index is 1.96. The number of hydrogen-bond donors (Lipinski definition) is 1. The van der Waals surface area contributed by atoms with Crippen molar-refractivity contribution in [2.45, 2.75) is 32.7 Å². The molecule has 0 aliphatic carbocycles. The summed E-state index contributed by atoms with van der Waals surface area (Å²) in [5.74, 6) is 0.399. The lowest BCUT2D eigenvalue weighted by Gasteiger charge is -2.37. The average Bonchev–Trinajstić information content (AvgIpc) is 2.83. The molecule has 22 heavy (non-hydrogen) atoms. The SMILES string of the molecule is Cc1c(C(=O)N2CCC(C)CC2CN)oc2ccc(F)cc12. The molecule has 0 spiro atoms. The lowest BCUT2D eigenvalue weighted by molar-refractivity contribution is 0.0543. The topological polar surface area (TPSA) is 59.5 Å². The van der Waals surface area contributed by atoms with E-state index in [4.69, 9.17) is 10.2 Å². The minimum Gasteiger partial charge on any atom is -0.451 e. The first-order valence-electron chi connectivity index (χ1n) is 7.71. The molecule has 2 N–H and O–H groups in total. The summed E-state index contributed by atoms with van der Waals surface area (Å²) in [5, 5.41) is 0.651. The summed E-state index contributed by atoms with van der Waals surface area (Å²) in [6.45, 7) is 5.11. The highest BCUT2D eigenvalue weighted by Crippen LogP contribution is 2.29. The largest absolute Gasteiger partial charge is 0.451 e. The Labute approximate surface area is 129 Å². The Kier molecular flexibility index (Phi) is 3.91. The summed E-state index contributed by atoms with van der Waals surface area (Å²) in [6, 6.07) is 4.35. The highest BCUT2D eigenvalue weighted by molar-refractivity contribution is 5.99. The van der Waals surface area contributed by atoms with Gasteiger partial charge in [0, 0.05) is 30.1 Å². The van der Waals surface area contributed by atoms with E-state index in [1.807, 2.05) is 0 Å². The van der Waals surface area contributed by atoms with Gasteiger partial charge in [-0.3, -0.25) is 4.79 Å². The molecule has 3 rings (SSSR count). The number of hydrogen-bond acceptors (Lipinski definition) is 3. The molecular weight excluding hydrogens is 283 g/mol. The van der Waals surface area contributed by atoms with Gasteiger partial charge in [0.25, 0.3) is 5.91 Å². The number of piperidine rings is 1. The minimum atomic E-state index is -0.331. The fourth-order valence-corrected chi connectivity index (χ4v) is 3.27. The molecule has 0 saturated carbocycles. The van der Waals surface area contributed by atoms with E-state index < -0.39 is 0 Å². The molecule has 0 radical (unpaired) electrons. The fraction of sp³-hybridized carbons (Fsp3) is 0.471. The number of carbonyl (C=O) groups is 1. The molecule has 1 fully saturated rings. The molecule has 118 valence electrons. The summed E-state index contributed by atoms with van der Waals surface area (Å²) in [7, 11) is 0. The molecule has 1 aromatic heterocycles. The number of fused-ring (bicyclic) bond motifs is 1. The molecule has 4 nitrogen and oxygen atoms in total. The second kappa shape index (κ2) is 5.72. The van der Waals surface area contributed by atoms with Crippen LogP contribution in [-0.2, 0) is 0 Å². The minimum absolute atomic E-state index is 0.0422. The van der Waals surface area contributed by atoms with Gasteiger partial charge in [-0.2, -0.15) is 0 Å². The van der Waals surface area contributed by atoms with Gasteiger partial charge in [0.05, 0.1) is 0 Å². The number of carbonyl (C=O) groups excluding carboxylic acids is 1. The van der Waals surface area contributed by atoms with Gasteiger partial charge < -0.3 is 15.1 Å². The monoisotopic (exact) mass is 304 g/mol. The van der Waals surface area contributed by atoms with Crippen LogP contribution in [-0.4, -0.2) is 29.9 Å². The first-order chi connectivity index (χ1) is 10.5. The highest BCUT2D eigenvalue weighted by Gasteiger charge is 2.32. The van der Waals surface area contributed by atoms with Gasteiger partial charge in [-0.05, 0) is 43.9 Å². The van der Waals surface area contributed by atoms with Gasteiger partial charge in [-0.25, -0.2) is 4.39 Å². The maximum absolute atomic E-state index is 13.4. The predicted molar refractivity (Wildman–Crippen MR) is 83.2 cm³/mol. The Morgan fingerprint density at radius 2 is 2.27 bits per heavy atom. The van der Waals surface area contributed by atoms with E-state index in [2.05, 4.69) is 6.92 Å². The number of nitrogens with two attached hydrogens (primary N) is 1. The van der Waals surface area contributed by atoms with Crippen LogP contribution in [0.25, 0.3) is 11.0 Å². The van der Waals surface area contributed by atoms with E-state index in [1.54, 1.807) is 17.9 Å². The standard InChI is InChI=1S/C17H21FN2O2/c1-10-5-6-20(13(7-10)9-19)17(21)16-11(2)14-8-12(18)3-4-15(14)22-16/h3-4,8,10,13H,5-7,9,19H2,1-2H3. The van der Waals surface area contributed by atoms with Crippen LogP contribution in [0.4, 0.5) is 4.39 Å². The molecule has 1 saturated heterocycles. The van der Waals surface area contributed by atoms with E-state index in [0.29, 0.717) is 41.3 Å². The van der Waals surface area contributed by atoms with Crippen molar-refractivity contribution >= 4 is 16.9 Å². The number of likely N-dealkylation sites (tertiary alicyclic amines) is 1. The van der Waals surface area contributed by atoms with Crippen LogP contribution in [0, 0.1) is 18.7 Å². The molecule has 1 aliphatic rings. The molecule has 2 atom stereocenters. The molecule has 1 aliphatic heterocycles. The quantitative estimate of drug-likeness (QED) is 0.927. The van der Waals surface area contributed by atoms with Gasteiger partial charge in [0.2, 0.25) is 0 Å². The van der Waals surface area contributed by atoms with E-state index in [-0.39, 0.29) is 17.8 Å². The first kappa shape index (κ1) is 15.0. The normalized spacial score (nSPS) is 22.3. The van der Waals surface area contributed by atoms with Gasteiger partial charge in [0.1, 0.15) is 11.4 Å². The molecule has 1 aromatic carbocycles. The number of rotatable bonds is 2. The van der Waals surface area contributed by atoms with E-state index in [9.17, 15) is 9.18 Å². The molecule has 2 unspecified atom stereocenters. The van der Waals surface area contributed by atoms with E-state index in [0.717, 1.165) is 12.8 Å². The smallest absolute Gasteiger partial charge is 0.290 e. The van der Waals surface area contributed by atoms with Crippen LogP contribution >= 0.6 is 0 Å². The fourth-order valence-electron chi connectivity index (χ4n) is 3.27. The van der Waals surface area contributed by atoms with Crippen molar-refractivity contribution in [1.29, 1.82) is 0 Å². The lowest BCUT2D eigenvalue weighted by Crippen LogP contribution is -2.49. The van der Waals surface area contributed by atoms with Crippen molar-refractivity contribution in [3.63, 3.8) is 0 Å². The zero-order valence-electron chi connectivity index (χ0n) is 12.9. The summed E-state index contributed by atoms with van der Waals surface area (Å²) >= 11 is 0. The van der Waals surface area contributed by atoms with Crippen LogP contribution in [0.2, 0.25) is 0 Å². The van der Waals surface area contributed by atoms with Gasteiger partial charge in [0.15, 0.2) is 5.76 Å². The number of halogens is 1. The zero-order chi connectivity index (χ0) is 15.9. The summed E-state index contributed by atoms with van der Waals surface area (Å²) in [6.07, 6.45) is 1.88. The average molecular weight is 304 g/mol. The molecule has 2 aromatic rings. The van der Waals surface area contributed by atoms with E-state index in [1.165, 1.54) is 12.1 Å². The summed E-state index contributed by atoms with van der Waals surface area (Å²) in [4.78, 5) is 14.6. The maximum atomic E-state index is 13.4. The van der Waals surface area contributed by atoms with Crippen molar-refractivity contribution in [2.75, 3.05) is 13.1 Å². The van der Waals surface area contributed by atoms with Crippen molar-refractivity contribution < 1.29 is 13.6 Å². The molecule has 5 heteroatoms. The highest BCUT2D eigenvalue weighted by atomic mass is 19.1. The van der Waals surface area contributed by atoms with Crippen LogP contribution in [0.15, 0.2) is 22.6 Å². The van der Waals surface area contributed by atoms with Gasteiger partial charge >= 0.3 is 0 Å². The Morgan fingerprint density at radius 1 is 1.50 bits per heavy atom. The van der Waals surface area contributed by atoms with Crippen molar-refractivity contribution in [3.8, 4) is 0 Å². The summed E-state index contributed by atoms with van der Waals surface area (Å²) < 4.78 is 19.1. The summed E-state index contributed by atoms with van der Waals surface area (Å²) in [5.41, 5.74) is 7.06. The lowest BCUT2D eigenvalue weighted by atomic mass is 9.92. The van der Waals surface area contributed by atoms with Crippen LogP contribution in [0.5, 0.6) is 0 Å². The van der Waals surface area contributed by atoms with Crippen molar-refractivity contribution in [1.82, 2.24) is 4.90 Å². The Bertz CT molecular complexity index is 710. The molecule has 1 amide bonds. The third kappa shape index (κ3) is 2.50. The number of nitrogens with zero attached hydrogens (tertiary/aromatic N) is 1. The first-order valence-corrected chi connectivity index (χ1v) is 7.71. The second-order valence-corrected chi connectivity index (χ2v) is 6.21. The zero-order valence-corrected chi connectivity index (χ0v) is 12.9. The Hall–Kier alpha value is -1.88. The van der Waals surface area contributed by atoms with Crippen LogP contribution in [0.3, 0.4) is 0 Å². The third-order valence-electron chi connectivity index (χ3n) is 4.60. The van der Waals surface area contributed by atoms with E-state index >= 15 is 0 Å². The van der Waals surface area contributed by atoms with Crippen molar-refractivity contribution in [3.05, 3.63) is 35.3 Å². The van der Waals surface area contributed by atoms with Gasteiger partial charge in [-0.15, -0.1) is 0 Å². The number of aryl methyl sites for hydroxylation is 1. The Morgan fingerprint density at radius 3 is 3.00 bits per heavy atom. The van der Waals surface area contributed by atoms with Gasteiger partial charge in [-0.1, -0.05) is 6.92 Å². The number of furan rings is 1. The van der Waals surface area contributed by atoms with Crippen molar-refractivity contribution in [2.24, 2.45) is 11.7 Å². The van der Waals surface area contributed by atoms with Crippen LogP contribution < -0.4 is 5.73 Å².